The molecule has 8 heteroatoms. The number of hydrogen-bond acceptors (Lipinski definition) is 6. The highest BCUT2D eigenvalue weighted by molar-refractivity contribution is 9.10. The molecule has 0 atom stereocenters. The Morgan fingerprint density at radius 3 is 2.66 bits per heavy atom. The summed E-state index contributed by atoms with van der Waals surface area (Å²) >= 11 is 6.84. The standard InChI is InChI=1S/C24H20BrN3O2S2/c25-15-5-7-16(8-6-15)28-21(29)13-30-17-9-11-18(12-10-17)31-23-22-19-3-1-2-4-20(19)32-24(22)27-14-26-23/h5-12,14H,1-4,13H2,(H,28,29). The number of halogens is 1. The molecule has 0 fully saturated rings. The first-order valence-electron chi connectivity index (χ1n) is 10.4. The van der Waals surface area contributed by atoms with E-state index in [0.29, 0.717) is 5.75 Å². The summed E-state index contributed by atoms with van der Waals surface area (Å²) in [4.78, 5) is 24.9. The van der Waals surface area contributed by atoms with E-state index in [1.54, 1.807) is 18.1 Å². The van der Waals surface area contributed by atoms with Crippen molar-refractivity contribution in [3.63, 3.8) is 0 Å². The SMILES string of the molecule is O=C(COc1ccc(Sc2ncnc3sc4c(c23)CCCC4)cc1)Nc1ccc(Br)cc1. The van der Waals surface area contributed by atoms with Gasteiger partial charge >= 0.3 is 0 Å². The molecule has 0 saturated carbocycles. The summed E-state index contributed by atoms with van der Waals surface area (Å²) < 4.78 is 6.61. The van der Waals surface area contributed by atoms with Gasteiger partial charge in [0.15, 0.2) is 6.61 Å². The summed E-state index contributed by atoms with van der Waals surface area (Å²) in [5.41, 5.74) is 2.18. The summed E-state index contributed by atoms with van der Waals surface area (Å²) in [5.74, 6) is 0.456. The van der Waals surface area contributed by atoms with Crippen LogP contribution in [0.1, 0.15) is 23.3 Å². The van der Waals surface area contributed by atoms with E-state index < -0.39 is 0 Å². The quantitative estimate of drug-likeness (QED) is 0.291. The molecule has 0 aliphatic heterocycles. The fourth-order valence-electron chi connectivity index (χ4n) is 3.73. The van der Waals surface area contributed by atoms with Crippen molar-refractivity contribution in [2.24, 2.45) is 0 Å². The smallest absolute Gasteiger partial charge is 0.262 e. The first-order valence-corrected chi connectivity index (χ1v) is 12.8. The molecule has 162 valence electrons. The van der Waals surface area contributed by atoms with Crippen molar-refractivity contribution < 1.29 is 9.53 Å². The van der Waals surface area contributed by atoms with Gasteiger partial charge < -0.3 is 10.1 Å². The largest absolute Gasteiger partial charge is 0.484 e. The Morgan fingerprint density at radius 1 is 1.06 bits per heavy atom. The highest BCUT2D eigenvalue weighted by atomic mass is 79.9. The molecule has 2 aromatic carbocycles. The maximum atomic E-state index is 12.1. The molecule has 32 heavy (non-hydrogen) atoms. The van der Waals surface area contributed by atoms with E-state index in [9.17, 15) is 4.79 Å². The molecule has 1 N–H and O–H groups in total. The van der Waals surface area contributed by atoms with Gasteiger partial charge in [-0.2, -0.15) is 0 Å². The molecular weight excluding hydrogens is 506 g/mol. The number of nitrogens with zero attached hydrogens (tertiary/aromatic N) is 2. The molecule has 1 amide bonds. The van der Waals surface area contributed by atoms with Crippen LogP contribution < -0.4 is 10.1 Å². The number of amides is 1. The van der Waals surface area contributed by atoms with Crippen molar-refractivity contribution in [3.8, 4) is 5.75 Å². The van der Waals surface area contributed by atoms with Crippen LogP contribution in [0.3, 0.4) is 0 Å². The van der Waals surface area contributed by atoms with Crippen molar-refractivity contribution >= 4 is 60.8 Å². The first-order chi connectivity index (χ1) is 15.7. The van der Waals surface area contributed by atoms with Gasteiger partial charge in [-0.3, -0.25) is 4.79 Å². The van der Waals surface area contributed by atoms with Crippen LogP contribution >= 0.6 is 39.0 Å². The van der Waals surface area contributed by atoms with Crippen molar-refractivity contribution in [1.82, 2.24) is 9.97 Å². The lowest BCUT2D eigenvalue weighted by Crippen LogP contribution is -2.20. The molecule has 1 aliphatic carbocycles. The molecule has 1 aliphatic rings. The van der Waals surface area contributed by atoms with Gasteiger partial charge in [0.1, 0.15) is 21.9 Å². The topological polar surface area (TPSA) is 64.1 Å². The summed E-state index contributed by atoms with van der Waals surface area (Å²) in [6, 6.07) is 15.2. The number of anilines is 1. The molecule has 5 rings (SSSR count). The van der Waals surface area contributed by atoms with E-state index in [1.165, 1.54) is 28.7 Å². The van der Waals surface area contributed by atoms with E-state index in [4.69, 9.17) is 4.74 Å². The van der Waals surface area contributed by atoms with Gasteiger partial charge in [0.05, 0.1) is 0 Å². The lowest BCUT2D eigenvalue weighted by molar-refractivity contribution is -0.118. The number of ether oxygens (including phenoxy) is 1. The summed E-state index contributed by atoms with van der Waals surface area (Å²) in [6.07, 6.45) is 6.43. The number of hydrogen-bond donors (Lipinski definition) is 1. The van der Waals surface area contributed by atoms with E-state index in [-0.39, 0.29) is 12.5 Å². The van der Waals surface area contributed by atoms with Crippen molar-refractivity contribution in [3.05, 3.63) is 69.8 Å². The van der Waals surface area contributed by atoms with E-state index in [0.717, 1.165) is 37.8 Å². The van der Waals surface area contributed by atoms with Crippen LogP contribution in [0.4, 0.5) is 5.69 Å². The van der Waals surface area contributed by atoms with E-state index in [1.807, 2.05) is 59.9 Å². The second kappa shape index (κ2) is 9.60. The lowest BCUT2D eigenvalue weighted by Gasteiger charge is -2.11. The van der Waals surface area contributed by atoms with Gasteiger partial charge in [0.2, 0.25) is 0 Å². The fourth-order valence-corrected chi connectivity index (χ4v) is 6.21. The Bertz CT molecular complexity index is 1260. The van der Waals surface area contributed by atoms with Crippen LogP contribution in [0.2, 0.25) is 0 Å². The second-order valence-electron chi connectivity index (χ2n) is 7.49. The van der Waals surface area contributed by atoms with Gasteiger partial charge in [0, 0.05) is 25.3 Å². The van der Waals surface area contributed by atoms with Crippen LogP contribution in [0, 0.1) is 0 Å². The Morgan fingerprint density at radius 2 is 1.84 bits per heavy atom. The Balaban J connectivity index is 1.23. The number of benzene rings is 2. The lowest BCUT2D eigenvalue weighted by atomic mass is 9.97. The summed E-state index contributed by atoms with van der Waals surface area (Å²) in [5, 5.41) is 5.06. The second-order valence-corrected chi connectivity index (χ2v) is 10.5. The minimum atomic E-state index is -0.198. The molecule has 5 nitrogen and oxygen atoms in total. The zero-order valence-corrected chi connectivity index (χ0v) is 20.4. The van der Waals surface area contributed by atoms with Crippen molar-refractivity contribution in [2.75, 3.05) is 11.9 Å². The molecule has 0 bridgehead atoms. The van der Waals surface area contributed by atoms with Gasteiger partial charge in [-0.1, -0.05) is 27.7 Å². The minimum Gasteiger partial charge on any atom is -0.484 e. The number of aromatic nitrogens is 2. The number of aryl methyl sites for hydroxylation is 2. The predicted octanol–water partition coefficient (Wildman–Crippen LogP) is 6.50. The number of fused-ring (bicyclic) bond motifs is 3. The zero-order valence-electron chi connectivity index (χ0n) is 17.1. The molecule has 4 aromatic rings. The van der Waals surface area contributed by atoms with Crippen molar-refractivity contribution in [1.29, 1.82) is 0 Å². The maximum absolute atomic E-state index is 12.1. The van der Waals surface area contributed by atoms with Crippen LogP contribution in [0.5, 0.6) is 5.75 Å². The third-order valence-corrected chi connectivity index (χ3v) is 7.99. The average Bonchev–Trinajstić information content (AvgIpc) is 3.20. The average molecular weight is 526 g/mol. The van der Waals surface area contributed by atoms with Crippen molar-refractivity contribution in [2.45, 2.75) is 35.6 Å². The van der Waals surface area contributed by atoms with Gasteiger partial charge in [-0.15, -0.1) is 11.3 Å². The summed E-state index contributed by atoms with van der Waals surface area (Å²) in [7, 11) is 0. The van der Waals surface area contributed by atoms with E-state index in [2.05, 4.69) is 31.2 Å². The number of thiophene rings is 1. The Kier molecular flexibility index (Phi) is 6.43. The van der Waals surface area contributed by atoms with Gasteiger partial charge in [0.25, 0.3) is 5.91 Å². The minimum absolute atomic E-state index is 0.0455. The van der Waals surface area contributed by atoms with Crippen LogP contribution in [0.25, 0.3) is 10.2 Å². The third kappa shape index (κ3) is 4.82. The highest BCUT2D eigenvalue weighted by Gasteiger charge is 2.20. The maximum Gasteiger partial charge on any atom is 0.262 e. The fraction of sp³-hybridized carbons (Fsp3) is 0.208. The molecule has 0 spiro atoms. The highest BCUT2D eigenvalue weighted by Crippen LogP contribution is 2.41. The number of rotatable bonds is 6. The molecular formula is C24H20BrN3O2S2. The Hall–Kier alpha value is -2.42. The van der Waals surface area contributed by atoms with E-state index >= 15 is 0 Å². The summed E-state index contributed by atoms with van der Waals surface area (Å²) in [6.45, 7) is -0.0455. The van der Waals surface area contributed by atoms with Crippen LogP contribution in [-0.2, 0) is 17.6 Å². The number of nitrogens with one attached hydrogen (secondary N) is 1. The van der Waals surface area contributed by atoms with Crippen LogP contribution in [0.15, 0.2) is 69.3 Å². The predicted molar refractivity (Wildman–Crippen MR) is 133 cm³/mol. The number of carbonyl (C=O) groups excluding carboxylic acids is 1. The number of carbonyl (C=O) groups is 1. The monoisotopic (exact) mass is 525 g/mol. The first kappa shape index (κ1) is 21.4. The zero-order chi connectivity index (χ0) is 21.9. The molecule has 0 unspecified atom stereocenters. The normalized spacial score (nSPS) is 13.0. The van der Waals surface area contributed by atoms with Gasteiger partial charge in [-0.05, 0) is 79.8 Å². The molecule has 2 aromatic heterocycles. The van der Waals surface area contributed by atoms with Gasteiger partial charge in [-0.25, -0.2) is 9.97 Å². The Labute approximate surface area is 202 Å². The molecule has 2 heterocycles. The molecule has 0 radical (unpaired) electrons. The van der Waals surface area contributed by atoms with Crippen LogP contribution in [-0.4, -0.2) is 22.5 Å². The molecule has 0 saturated heterocycles. The third-order valence-electron chi connectivity index (χ3n) is 5.25.